The number of sulfone groups is 1. The van der Waals surface area contributed by atoms with Crippen LogP contribution < -0.4 is 10.5 Å². The van der Waals surface area contributed by atoms with Gasteiger partial charge >= 0.3 is 0 Å². The van der Waals surface area contributed by atoms with Gasteiger partial charge < -0.3 is 10.5 Å². The fourth-order valence-corrected chi connectivity index (χ4v) is 3.11. The zero-order chi connectivity index (χ0) is 14.1. The van der Waals surface area contributed by atoms with Crippen molar-refractivity contribution in [3.8, 4) is 5.75 Å². The number of ether oxygens (including phenoxy) is 1. The summed E-state index contributed by atoms with van der Waals surface area (Å²) in [5.74, 6) is -0.459. The Labute approximate surface area is 105 Å². The van der Waals surface area contributed by atoms with Crippen LogP contribution in [0.5, 0.6) is 5.75 Å². The maximum Gasteiger partial charge on any atom is 0.298 e. The van der Waals surface area contributed by atoms with Crippen molar-refractivity contribution in [2.45, 2.75) is 16.7 Å². The Balaban J connectivity index is 3.71. The van der Waals surface area contributed by atoms with Crippen molar-refractivity contribution in [1.29, 1.82) is 0 Å². The molecule has 102 valence electrons. The zero-order valence-electron chi connectivity index (χ0n) is 9.74. The molecule has 0 aliphatic rings. The Morgan fingerprint density at radius 1 is 1.22 bits per heavy atom. The summed E-state index contributed by atoms with van der Waals surface area (Å²) in [5, 5.41) is 0. The molecule has 1 aromatic rings. The van der Waals surface area contributed by atoms with E-state index in [1.807, 2.05) is 0 Å². The number of hydrogen-bond acceptors (Lipinski definition) is 6. The van der Waals surface area contributed by atoms with Gasteiger partial charge in [0, 0.05) is 6.07 Å². The van der Waals surface area contributed by atoms with Crippen LogP contribution in [0.3, 0.4) is 0 Å². The third-order valence-corrected chi connectivity index (χ3v) is 4.95. The predicted molar refractivity (Wildman–Crippen MR) is 64.9 cm³/mol. The second-order valence-corrected chi connectivity index (χ2v) is 7.06. The minimum atomic E-state index is -4.60. The van der Waals surface area contributed by atoms with Gasteiger partial charge in [-0.2, -0.15) is 8.42 Å². The smallest absolute Gasteiger partial charge is 0.298 e. The van der Waals surface area contributed by atoms with Crippen LogP contribution in [0, 0.1) is 0 Å². The highest BCUT2D eigenvalue weighted by Gasteiger charge is 2.24. The molecule has 9 heteroatoms. The van der Waals surface area contributed by atoms with Crippen LogP contribution >= 0.6 is 0 Å². The fraction of sp³-hybridized carbons (Fsp3) is 0.333. The first-order valence-electron chi connectivity index (χ1n) is 4.81. The number of anilines is 1. The molecule has 0 saturated carbocycles. The van der Waals surface area contributed by atoms with Crippen molar-refractivity contribution < 1.29 is 26.1 Å². The minimum absolute atomic E-state index is 0.138. The summed E-state index contributed by atoms with van der Waals surface area (Å²) >= 11 is 0. The van der Waals surface area contributed by atoms with E-state index < -0.39 is 24.9 Å². The summed E-state index contributed by atoms with van der Waals surface area (Å²) in [6.07, 6.45) is 0. The van der Waals surface area contributed by atoms with Gasteiger partial charge in [0.05, 0.1) is 23.4 Å². The zero-order valence-corrected chi connectivity index (χ0v) is 11.4. The number of methoxy groups -OCH3 is 1. The van der Waals surface area contributed by atoms with E-state index in [4.69, 9.17) is 15.0 Å². The topological polar surface area (TPSA) is 124 Å². The molecule has 0 atom stereocenters. The van der Waals surface area contributed by atoms with E-state index in [1.54, 1.807) is 0 Å². The number of hydrogen-bond donors (Lipinski definition) is 2. The van der Waals surface area contributed by atoms with E-state index in [-0.39, 0.29) is 22.1 Å². The molecule has 0 aliphatic carbocycles. The molecule has 0 fully saturated rings. The number of nitrogen functional groups attached to an aromatic ring is 1. The van der Waals surface area contributed by atoms with Gasteiger partial charge in [0.2, 0.25) is 0 Å². The van der Waals surface area contributed by atoms with Crippen molar-refractivity contribution in [3.05, 3.63) is 12.1 Å². The van der Waals surface area contributed by atoms with Crippen LogP contribution in [0.4, 0.5) is 5.69 Å². The third-order valence-electron chi connectivity index (χ3n) is 2.29. The van der Waals surface area contributed by atoms with E-state index in [1.165, 1.54) is 14.0 Å². The molecular formula is C9H13NO6S2. The number of rotatable bonds is 4. The van der Waals surface area contributed by atoms with Crippen molar-refractivity contribution in [1.82, 2.24) is 0 Å². The quantitative estimate of drug-likeness (QED) is 0.605. The minimum Gasteiger partial charge on any atom is -0.495 e. The molecular weight excluding hydrogens is 282 g/mol. The molecule has 0 unspecified atom stereocenters. The predicted octanol–water partition coefficient (Wildman–Crippen LogP) is 0.318. The van der Waals surface area contributed by atoms with E-state index >= 15 is 0 Å². The monoisotopic (exact) mass is 295 g/mol. The summed E-state index contributed by atoms with van der Waals surface area (Å²) in [5.41, 5.74) is 5.40. The highest BCUT2D eigenvalue weighted by atomic mass is 32.2. The molecule has 0 saturated heterocycles. The van der Waals surface area contributed by atoms with Crippen LogP contribution in [-0.2, 0) is 20.0 Å². The molecule has 0 heterocycles. The molecule has 0 amide bonds. The van der Waals surface area contributed by atoms with Crippen LogP contribution in [0.1, 0.15) is 6.92 Å². The molecule has 0 spiro atoms. The second kappa shape index (κ2) is 4.75. The molecule has 1 aromatic carbocycles. The van der Waals surface area contributed by atoms with E-state index in [9.17, 15) is 16.8 Å². The van der Waals surface area contributed by atoms with Gasteiger partial charge in [-0.05, 0) is 6.07 Å². The van der Waals surface area contributed by atoms with Crippen molar-refractivity contribution in [2.75, 3.05) is 18.6 Å². The van der Waals surface area contributed by atoms with Gasteiger partial charge in [0.25, 0.3) is 10.1 Å². The second-order valence-electron chi connectivity index (χ2n) is 3.42. The molecule has 0 aromatic heterocycles. The first-order valence-corrected chi connectivity index (χ1v) is 7.90. The van der Waals surface area contributed by atoms with Gasteiger partial charge in [0.15, 0.2) is 9.84 Å². The Bertz CT molecular complexity index is 663. The van der Waals surface area contributed by atoms with Gasteiger partial charge in [-0.3, -0.25) is 4.55 Å². The summed E-state index contributed by atoms with van der Waals surface area (Å²) in [4.78, 5) is -0.982. The number of benzene rings is 1. The number of nitrogens with two attached hydrogens (primary N) is 1. The van der Waals surface area contributed by atoms with Crippen LogP contribution in [0.15, 0.2) is 21.9 Å². The average molecular weight is 295 g/mol. The highest BCUT2D eigenvalue weighted by Crippen LogP contribution is 2.32. The fourth-order valence-electron chi connectivity index (χ4n) is 1.34. The third kappa shape index (κ3) is 2.74. The van der Waals surface area contributed by atoms with Crippen molar-refractivity contribution >= 4 is 25.6 Å². The van der Waals surface area contributed by atoms with Crippen molar-refractivity contribution in [2.24, 2.45) is 0 Å². The standard InChI is InChI=1S/C9H13NO6S2/c1-3-17(11,12)8-5-9(18(13,14)15)7(16-2)4-6(8)10/h4-5H,3,10H2,1-2H3,(H,13,14,15). The Kier molecular flexibility index (Phi) is 3.89. The van der Waals surface area contributed by atoms with E-state index in [2.05, 4.69) is 0 Å². The molecule has 0 aliphatic heterocycles. The molecule has 1 rings (SSSR count). The van der Waals surface area contributed by atoms with Crippen LogP contribution in [-0.4, -0.2) is 34.3 Å². The SMILES string of the molecule is CCS(=O)(=O)c1cc(S(=O)(=O)O)c(OC)cc1N. The van der Waals surface area contributed by atoms with Gasteiger partial charge in [-0.25, -0.2) is 8.42 Å². The molecule has 7 nitrogen and oxygen atoms in total. The lowest BCUT2D eigenvalue weighted by Gasteiger charge is -2.11. The lowest BCUT2D eigenvalue weighted by molar-refractivity contribution is 0.397. The van der Waals surface area contributed by atoms with E-state index in [0.717, 1.165) is 12.1 Å². The summed E-state index contributed by atoms with van der Waals surface area (Å²) in [6.45, 7) is 1.39. The van der Waals surface area contributed by atoms with Crippen LogP contribution in [0.25, 0.3) is 0 Å². The first-order chi connectivity index (χ1) is 8.13. The highest BCUT2D eigenvalue weighted by molar-refractivity contribution is 7.91. The average Bonchev–Trinajstić information content (AvgIpc) is 2.26. The summed E-state index contributed by atoms with van der Waals surface area (Å²) in [7, 11) is -7.11. The maximum absolute atomic E-state index is 11.7. The lowest BCUT2D eigenvalue weighted by Crippen LogP contribution is -2.10. The van der Waals surface area contributed by atoms with Gasteiger partial charge in [-0.15, -0.1) is 0 Å². The molecule has 3 N–H and O–H groups in total. The lowest BCUT2D eigenvalue weighted by atomic mass is 10.3. The van der Waals surface area contributed by atoms with Crippen molar-refractivity contribution in [3.63, 3.8) is 0 Å². The van der Waals surface area contributed by atoms with Gasteiger partial charge in [0.1, 0.15) is 10.6 Å². The summed E-state index contributed by atoms with van der Waals surface area (Å²) < 4.78 is 59.4. The largest absolute Gasteiger partial charge is 0.495 e. The van der Waals surface area contributed by atoms with E-state index in [0.29, 0.717) is 0 Å². The maximum atomic E-state index is 11.7. The Hall–Kier alpha value is -1.32. The van der Waals surface area contributed by atoms with Gasteiger partial charge in [-0.1, -0.05) is 6.92 Å². The van der Waals surface area contributed by atoms with Crippen LogP contribution in [0.2, 0.25) is 0 Å². The molecule has 0 bridgehead atoms. The Morgan fingerprint density at radius 3 is 2.17 bits per heavy atom. The summed E-state index contributed by atoms with van der Waals surface area (Å²) in [6, 6.07) is 1.84. The molecule has 0 radical (unpaired) electrons. The first kappa shape index (κ1) is 14.7. The normalized spacial score (nSPS) is 12.4. The Morgan fingerprint density at radius 2 is 1.78 bits per heavy atom. The molecule has 18 heavy (non-hydrogen) atoms.